The molecule has 2 aromatic heterocycles. The highest BCUT2D eigenvalue weighted by molar-refractivity contribution is 6.11. The lowest BCUT2D eigenvalue weighted by atomic mass is 9.40. The number of allylic oxidation sites excluding steroid dienone is 2. The van der Waals surface area contributed by atoms with E-state index in [4.69, 9.17) is 4.74 Å². The van der Waals surface area contributed by atoms with Gasteiger partial charge in [0.25, 0.3) is 0 Å². The lowest BCUT2D eigenvalue weighted by Crippen LogP contribution is -2.62. The average Bonchev–Trinajstić information content (AvgIpc) is 3.63. The maximum absolute atomic E-state index is 12.2. The van der Waals surface area contributed by atoms with Crippen LogP contribution in [0.2, 0.25) is 0 Å². The minimum atomic E-state index is -0.965. The molecule has 8 atom stereocenters. The smallest absolute Gasteiger partial charge is 0.327 e. The van der Waals surface area contributed by atoms with Crippen LogP contribution in [0.5, 0.6) is 5.75 Å². The number of carboxylic acid groups (broad SMARTS) is 1. The molecule has 1 aromatic carbocycles. The largest absolute Gasteiger partial charge is 0.505 e. The zero-order chi connectivity index (χ0) is 34.7. The Kier molecular flexibility index (Phi) is 6.39. The fourth-order valence-electron chi connectivity index (χ4n) is 12.5. The standard InChI is InChI=1S/C41H51NO6/c1-20(2)32-35(47)30-29-22(25-19-37(3,4)48-38(5,6)31(25)34(29)46)18-23-24-17-21-12-13-26-39(7,15-10-11-28(44)45)27(43)14-16-40(26,8)41(21,9)36(24)42(32)33(23)30/h10-11,18-19,21,26-27,31,34,43,46-47H,1,12-17H2,2-9H3,(H,44,45)/t21?,26-,27-,31?,34+,39-,40-,41+/m0/s1. The molecular formula is C41H51NO6. The summed E-state index contributed by atoms with van der Waals surface area (Å²) >= 11 is 0. The molecule has 0 amide bonds. The summed E-state index contributed by atoms with van der Waals surface area (Å²) < 4.78 is 8.83. The van der Waals surface area contributed by atoms with Gasteiger partial charge in [-0.15, -0.1) is 0 Å². The molecule has 2 unspecified atom stereocenters. The molecule has 7 heteroatoms. The maximum atomic E-state index is 12.2. The summed E-state index contributed by atoms with van der Waals surface area (Å²) in [6.45, 7) is 21.6. The zero-order valence-electron chi connectivity index (χ0n) is 29.7. The summed E-state index contributed by atoms with van der Waals surface area (Å²) in [6, 6.07) is 2.30. The molecule has 0 bridgehead atoms. The van der Waals surface area contributed by atoms with Crippen LogP contribution in [-0.4, -0.2) is 48.1 Å². The van der Waals surface area contributed by atoms with E-state index < -0.39 is 34.8 Å². The highest BCUT2D eigenvalue weighted by Crippen LogP contribution is 2.71. The van der Waals surface area contributed by atoms with Gasteiger partial charge in [0.15, 0.2) is 0 Å². The Hall–Kier alpha value is -3.13. The molecule has 0 saturated heterocycles. The van der Waals surface area contributed by atoms with Gasteiger partial charge in [0.1, 0.15) is 5.75 Å². The van der Waals surface area contributed by atoms with Crippen LogP contribution < -0.4 is 0 Å². The topological polar surface area (TPSA) is 112 Å². The second kappa shape index (κ2) is 9.55. The number of rotatable bonds is 4. The average molecular weight is 654 g/mol. The molecule has 0 radical (unpaired) electrons. The number of nitrogens with zero attached hydrogens (tertiary/aromatic N) is 1. The van der Waals surface area contributed by atoms with Crippen molar-refractivity contribution < 1.29 is 30.0 Å². The molecule has 8 rings (SSSR count). The van der Waals surface area contributed by atoms with E-state index in [1.165, 1.54) is 17.3 Å². The van der Waals surface area contributed by atoms with Crippen LogP contribution in [0.15, 0.2) is 30.9 Å². The van der Waals surface area contributed by atoms with Crippen molar-refractivity contribution in [2.45, 2.75) is 123 Å². The van der Waals surface area contributed by atoms with Crippen LogP contribution in [0.25, 0.3) is 27.4 Å². The predicted molar refractivity (Wildman–Crippen MR) is 188 cm³/mol. The first-order valence-corrected chi connectivity index (χ1v) is 17.8. The number of aliphatic carboxylic acids is 1. The molecule has 0 spiro atoms. The van der Waals surface area contributed by atoms with Crippen molar-refractivity contribution in [1.82, 2.24) is 4.40 Å². The van der Waals surface area contributed by atoms with Crippen LogP contribution in [0, 0.1) is 28.6 Å². The molecular weight excluding hydrogens is 602 g/mol. The van der Waals surface area contributed by atoms with E-state index in [2.05, 4.69) is 71.6 Å². The van der Waals surface area contributed by atoms with Gasteiger partial charge in [-0.3, -0.25) is 0 Å². The number of hydrogen-bond acceptors (Lipinski definition) is 5. The molecule has 3 heterocycles. The summed E-state index contributed by atoms with van der Waals surface area (Å²) in [4.78, 5) is 11.4. The van der Waals surface area contributed by atoms with Gasteiger partial charge in [-0.2, -0.15) is 0 Å². The highest BCUT2D eigenvalue weighted by atomic mass is 16.5. The van der Waals surface area contributed by atoms with E-state index in [1.807, 2.05) is 6.92 Å². The van der Waals surface area contributed by atoms with Gasteiger partial charge < -0.3 is 29.6 Å². The van der Waals surface area contributed by atoms with E-state index in [1.54, 1.807) is 6.08 Å². The molecule has 7 nitrogen and oxygen atoms in total. The summed E-state index contributed by atoms with van der Waals surface area (Å²) in [6.07, 6.45) is 8.73. The van der Waals surface area contributed by atoms with Gasteiger partial charge in [0.2, 0.25) is 0 Å². The van der Waals surface area contributed by atoms with E-state index in [0.717, 1.165) is 64.2 Å². The molecule has 1 aliphatic heterocycles. The Bertz CT molecular complexity index is 1990. The van der Waals surface area contributed by atoms with Crippen molar-refractivity contribution in [2.24, 2.45) is 28.6 Å². The molecule has 48 heavy (non-hydrogen) atoms. The number of ether oxygens (including phenoxy) is 1. The molecule has 2 saturated carbocycles. The Morgan fingerprint density at radius 3 is 2.48 bits per heavy atom. The van der Waals surface area contributed by atoms with E-state index in [9.17, 15) is 25.2 Å². The second-order valence-electron chi connectivity index (χ2n) is 17.7. The Balaban J connectivity index is 1.40. The number of aliphatic hydroxyl groups is 2. The lowest BCUT2D eigenvalue weighted by Gasteiger charge is -2.64. The van der Waals surface area contributed by atoms with Gasteiger partial charge in [-0.1, -0.05) is 33.4 Å². The van der Waals surface area contributed by atoms with Crippen molar-refractivity contribution in [3.8, 4) is 5.75 Å². The van der Waals surface area contributed by atoms with Crippen molar-refractivity contribution in [1.29, 1.82) is 0 Å². The van der Waals surface area contributed by atoms with Gasteiger partial charge in [-0.05, 0) is 125 Å². The molecule has 2 fully saturated rings. The number of benzene rings is 1. The highest BCUT2D eigenvalue weighted by Gasteiger charge is 2.67. The minimum absolute atomic E-state index is 0.168. The number of aromatic nitrogens is 1. The first-order valence-electron chi connectivity index (χ1n) is 17.8. The van der Waals surface area contributed by atoms with Gasteiger partial charge in [-0.25, -0.2) is 4.79 Å². The summed E-state index contributed by atoms with van der Waals surface area (Å²) in [5.41, 5.74) is 5.86. The number of hydrogen-bond donors (Lipinski definition) is 4. The predicted octanol–water partition coefficient (Wildman–Crippen LogP) is 7.94. The Labute approximate surface area is 283 Å². The van der Waals surface area contributed by atoms with E-state index >= 15 is 0 Å². The maximum Gasteiger partial charge on any atom is 0.327 e. The van der Waals surface area contributed by atoms with Crippen molar-refractivity contribution >= 4 is 33.4 Å². The third-order valence-corrected chi connectivity index (χ3v) is 14.4. The van der Waals surface area contributed by atoms with Crippen LogP contribution in [0.1, 0.15) is 122 Å². The SMILES string of the molecule is C=C(C)c1c(O)c2c3c(cc4c5c(n1c42)[C@@]1(C)C(CC[C@H]2[C@](C)(CC=CC(=O)O)[C@@H](O)CC[C@@]21C)C5)C1=CC(C)(C)OC(C)(C)C1[C@@H]3O. The van der Waals surface area contributed by atoms with Crippen molar-refractivity contribution in [3.63, 3.8) is 0 Å². The summed E-state index contributed by atoms with van der Waals surface area (Å²) in [5, 5.41) is 47.2. The first-order chi connectivity index (χ1) is 22.3. The van der Waals surface area contributed by atoms with Gasteiger partial charge in [0.05, 0.1) is 34.6 Å². The molecule has 5 aliphatic rings. The fraction of sp³-hybridized carbons (Fsp3) is 0.585. The number of carbonyl (C=O) groups is 1. The van der Waals surface area contributed by atoms with E-state index in [-0.39, 0.29) is 28.4 Å². The van der Waals surface area contributed by atoms with Crippen molar-refractivity contribution in [2.75, 3.05) is 0 Å². The molecule has 4 N–H and O–H groups in total. The minimum Gasteiger partial charge on any atom is -0.505 e. The number of carboxylic acids is 1. The quantitative estimate of drug-likeness (QED) is 0.213. The normalized spacial score (nSPS) is 37.7. The number of aromatic hydroxyl groups is 1. The fourth-order valence-corrected chi connectivity index (χ4v) is 12.5. The zero-order valence-corrected chi connectivity index (χ0v) is 29.7. The Morgan fingerprint density at radius 1 is 1.10 bits per heavy atom. The van der Waals surface area contributed by atoms with Crippen LogP contribution in [-0.2, 0) is 21.4 Å². The molecule has 3 aromatic rings. The first kappa shape index (κ1) is 32.1. The van der Waals surface area contributed by atoms with Crippen LogP contribution >= 0.6 is 0 Å². The van der Waals surface area contributed by atoms with Crippen molar-refractivity contribution in [3.05, 3.63) is 59.0 Å². The molecule has 256 valence electrons. The second-order valence-corrected chi connectivity index (χ2v) is 17.7. The lowest BCUT2D eigenvalue weighted by molar-refractivity contribution is -0.162. The third-order valence-electron chi connectivity index (χ3n) is 14.4. The summed E-state index contributed by atoms with van der Waals surface area (Å²) in [5.74, 6) is -0.484. The summed E-state index contributed by atoms with van der Waals surface area (Å²) in [7, 11) is 0. The molecule has 4 aliphatic carbocycles. The van der Waals surface area contributed by atoms with Crippen LogP contribution in [0.3, 0.4) is 0 Å². The number of fused-ring (bicyclic) bond motifs is 11. The van der Waals surface area contributed by atoms with E-state index in [0.29, 0.717) is 24.5 Å². The van der Waals surface area contributed by atoms with Gasteiger partial charge >= 0.3 is 5.97 Å². The monoisotopic (exact) mass is 653 g/mol. The third kappa shape index (κ3) is 3.68. The van der Waals surface area contributed by atoms with Gasteiger partial charge in [0, 0.05) is 44.9 Å². The van der Waals surface area contributed by atoms with Crippen LogP contribution in [0.4, 0.5) is 0 Å². The Morgan fingerprint density at radius 2 is 1.81 bits per heavy atom. The number of aliphatic hydroxyl groups excluding tert-OH is 2.